The Bertz CT molecular complexity index is 1150. The van der Waals surface area contributed by atoms with Crippen LogP contribution in [-0.4, -0.2) is 35.5 Å². The van der Waals surface area contributed by atoms with Crippen molar-refractivity contribution in [2.45, 2.75) is 19.4 Å². The maximum absolute atomic E-state index is 13.1. The van der Waals surface area contributed by atoms with Crippen LogP contribution in [-0.2, 0) is 16.0 Å². The number of aliphatic hydroxyl groups excluding tert-OH is 1. The Hall–Kier alpha value is -3.86. The summed E-state index contributed by atoms with van der Waals surface area (Å²) in [5.41, 5.74) is 4.83. The van der Waals surface area contributed by atoms with Gasteiger partial charge in [-0.1, -0.05) is 72.3 Å². The highest BCUT2D eigenvalue weighted by molar-refractivity contribution is 6.05. The van der Waals surface area contributed by atoms with Crippen LogP contribution in [0.2, 0.25) is 0 Å². The number of ether oxygens (including phenoxy) is 1. The maximum atomic E-state index is 13.1. The fourth-order valence-electron chi connectivity index (χ4n) is 4.07. The van der Waals surface area contributed by atoms with Gasteiger partial charge in [-0.15, -0.1) is 0 Å². The molecule has 0 aliphatic carbocycles. The predicted molar refractivity (Wildman–Crippen MR) is 123 cm³/mol. The summed E-state index contributed by atoms with van der Waals surface area (Å²) in [6, 6.07) is 24.2. The summed E-state index contributed by atoms with van der Waals surface area (Å²) in [7, 11) is 1.34. The molecule has 162 valence electrons. The standard InChI is InChI=1S/C27H25NO4/c1-18-8-10-20(11-9-18)23-24(21-12-14-22(15-13-21)27(31)32-2)28(26(30)25(23)29)17-16-19-6-4-3-5-7-19/h3-15,24,29H,16-17H2,1-2H3/t24-/m1/s1. The third-order valence-electron chi connectivity index (χ3n) is 5.80. The van der Waals surface area contributed by atoms with Gasteiger partial charge in [0.05, 0.1) is 18.7 Å². The van der Waals surface area contributed by atoms with Crippen LogP contribution in [0, 0.1) is 6.92 Å². The molecule has 32 heavy (non-hydrogen) atoms. The van der Waals surface area contributed by atoms with Crippen LogP contribution in [0.4, 0.5) is 0 Å². The molecule has 0 saturated carbocycles. The first-order chi connectivity index (χ1) is 15.5. The molecule has 3 aromatic carbocycles. The molecule has 1 amide bonds. The zero-order valence-corrected chi connectivity index (χ0v) is 18.1. The van der Waals surface area contributed by atoms with Gasteiger partial charge in [0, 0.05) is 12.1 Å². The number of rotatable bonds is 6. The normalized spacial score (nSPS) is 15.9. The van der Waals surface area contributed by atoms with Crippen molar-refractivity contribution < 1.29 is 19.4 Å². The topological polar surface area (TPSA) is 66.8 Å². The largest absolute Gasteiger partial charge is 0.503 e. The van der Waals surface area contributed by atoms with E-state index in [-0.39, 0.29) is 5.76 Å². The molecule has 1 heterocycles. The minimum atomic E-state index is -0.458. The van der Waals surface area contributed by atoms with Gasteiger partial charge in [-0.3, -0.25) is 4.79 Å². The Kier molecular flexibility index (Phi) is 6.08. The van der Waals surface area contributed by atoms with Gasteiger partial charge in [0.2, 0.25) is 0 Å². The van der Waals surface area contributed by atoms with Crippen molar-refractivity contribution >= 4 is 17.4 Å². The van der Waals surface area contributed by atoms with E-state index in [0.29, 0.717) is 24.1 Å². The second-order valence-electron chi connectivity index (χ2n) is 7.88. The first kappa shape index (κ1) is 21.4. The van der Waals surface area contributed by atoms with Crippen LogP contribution < -0.4 is 0 Å². The molecule has 1 aliphatic heterocycles. The van der Waals surface area contributed by atoms with Crippen LogP contribution in [0.15, 0.2) is 84.6 Å². The Morgan fingerprint density at radius 3 is 2.25 bits per heavy atom. The SMILES string of the molecule is COC(=O)c1ccc([C@@H]2C(c3ccc(C)cc3)=C(O)C(=O)N2CCc2ccccc2)cc1. The Labute approximate surface area is 187 Å². The van der Waals surface area contributed by atoms with E-state index in [9.17, 15) is 14.7 Å². The van der Waals surface area contributed by atoms with E-state index in [1.807, 2.05) is 73.7 Å². The Morgan fingerprint density at radius 1 is 0.969 bits per heavy atom. The van der Waals surface area contributed by atoms with Crippen molar-refractivity contribution in [3.05, 3.63) is 112 Å². The summed E-state index contributed by atoms with van der Waals surface area (Å²) in [4.78, 5) is 26.7. The maximum Gasteiger partial charge on any atom is 0.337 e. The number of esters is 1. The minimum absolute atomic E-state index is 0.232. The molecule has 0 saturated heterocycles. The summed E-state index contributed by atoms with van der Waals surface area (Å²) < 4.78 is 4.79. The van der Waals surface area contributed by atoms with Gasteiger partial charge in [0.25, 0.3) is 5.91 Å². The molecular weight excluding hydrogens is 402 g/mol. The lowest BCUT2D eigenvalue weighted by molar-refractivity contribution is -0.129. The van der Waals surface area contributed by atoms with Crippen molar-refractivity contribution in [1.82, 2.24) is 4.90 Å². The number of aryl methyl sites for hydroxylation is 1. The monoisotopic (exact) mass is 427 g/mol. The highest BCUT2D eigenvalue weighted by Crippen LogP contribution is 2.43. The first-order valence-electron chi connectivity index (χ1n) is 10.5. The molecule has 0 aromatic heterocycles. The van der Waals surface area contributed by atoms with Crippen molar-refractivity contribution in [1.29, 1.82) is 0 Å². The van der Waals surface area contributed by atoms with Crippen LogP contribution in [0.1, 0.15) is 38.7 Å². The molecule has 5 nitrogen and oxygen atoms in total. The second kappa shape index (κ2) is 9.10. The van der Waals surface area contributed by atoms with Gasteiger partial charge in [0.1, 0.15) is 0 Å². The van der Waals surface area contributed by atoms with E-state index in [0.717, 1.165) is 22.3 Å². The highest BCUT2D eigenvalue weighted by Gasteiger charge is 2.40. The lowest BCUT2D eigenvalue weighted by Crippen LogP contribution is -2.32. The number of aliphatic hydroxyl groups is 1. The molecule has 0 radical (unpaired) electrons. The lowest BCUT2D eigenvalue weighted by Gasteiger charge is -2.27. The van der Waals surface area contributed by atoms with Gasteiger partial charge < -0.3 is 14.7 Å². The number of methoxy groups -OCH3 is 1. The smallest absolute Gasteiger partial charge is 0.337 e. The summed E-state index contributed by atoms with van der Waals surface area (Å²) in [6.45, 7) is 2.44. The quantitative estimate of drug-likeness (QED) is 0.570. The number of carbonyl (C=O) groups is 2. The summed E-state index contributed by atoms with van der Waals surface area (Å²) in [5.74, 6) is -1.04. The molecule has 0 bridgehead atoms. The molecule has 3 aromatic rings. The zero-order valence-electron chi connectivity index (χ0n) is 18.1. The fraction of sp³-hybridized carbons (Fsp3) is 0.185. The lowest BCUT2D eigenvalue weighted by atomic mass is 9.92. The van der Waals surface area contributed by atoms with Gasteiger partial charge >= 0.3 is 5.97 Å². The molecule has 0 spiro atoms. The number of hydrogen-bond donors (Lipinski definition) is 1. The van der Waals surface area contributed by atoms with Crippen LogP contribution in [0.25, 0.3) is 5.57 Å². The number of nitrogens with zero attached hydrogens (tertiary/aromatic N) is 1. The van der Waals surface area contributed by atoms with E-state index < -0.39 is 17.9 Å². The molecule has 4 rings (SSSR count). The first-order valence-corrected chi connectivity index (χ1v) is 10.5. The Balaban J connectivity index is 1.73. The van der Waals surface area contributed by atoms with Gasteiger partial charge in [-0.2, -0.15) is 0 Å². The van der Waals surface area contributed by atoms with Gasteiger partial charge in [-0.25, -0.2) is 4.79 Å². The molecule has 5 heteroatoms. The van der Waals surface area contributed by atoms with E-state index in [2.05, 4.69) is 0 Å². The highest BCUT2D eigenvalue weighted by atomic mass is 16.5. The third-order valence-corrected chi connectivity index (χ3v) is 5.80. The van der Waals surface area contributed by atoms with Crippen molar-refractivity contribution in [3.8, 4) is 0 Å². The van der Waals surface area contributed by atoms with Crippen molar-refractivity contribution in [2.24, 2.45) is 0 Å². The fourth-order valence-corrected chi connectivity index (χ4v) is 4.07. The van der Waals surface area contributed by atoms with E-state index in [1.54, 1.807) is 17.0 Å². The Morgan fingerprint density at radius 2 is 1.62 bits per heavy atom. The number of benzene rings is 3. The summed E-state index contributed by atoms with van der Waals surface area (Å²) >= 11 is 0. The predicted octanol–water partition coefficient (Wildman–Crippen LogP) is 4.88. The number of carbonyl (C=O) groups excluding carboxylic acids is 2. The average Bonchev–Trinajstić information content (AvgIpc) is 3.08. The molecular formula is C27H25NO4. The van der Waals surface area contributed by atoms with Crippen molar-refractivity contribution in [3.63, 3.8) is 0 Å². The summed E-state index contributed by atoms with van der Waals surface area (Å²) in [6.07, 6.45) is 0.664. The van der Waals surface area contributed by atoms with Gasteiger partial charge in [-0.05, 0) is 42.2 Å². The molecule has 1 aliphatic rings. The summed E-state index contributed by atoms with van der Waals surface area (Å²) in [5, 5.41) is 10.9. The third kappa shape index (κ3) is 4.14. The van der Waals surface area contributed by atoms with Crippen LogP contribution >= 0.6 is 0 Å². The molecule has 0 fully saturated rings. The van der Waals surface area contributed by atoms with E-state index >= 15 is 0 Å². The zero-order chi connectivity index (χ0) is 22.7. The number of hydrogen-bond acceptors (Lipinski definition) is 4. The van der Waals surface area contributed by atoms with Crippen LogP contribution in [0.3, 0.4) is 0 Å². The van der Waals surface area contributed by atoms with E-state index in [4.69, 9.17) is 4.74 Å². The second-order valence-corrected chi connectivity index (χ2v) is 7.88. The van der Waals surface area contributed by atoms with Crippen molar-refractivity contribution in [2.75, 3.05) is 13.7 Å². The molecule has 0 unspecified atom stereocenters. The average molecular weight is 428 g/mol. The minimum Gasteiger partial charge on any atom is -0.503 e. The molecule has 1 atom stereocenters. The van der Waals surface area contributed by atoms with E-state index in [1.165, 1.54) is 7.11 Å². The van der Waals surface area contributed by atoms with Crippen LogP contribution in [0.5, 0.6) is 0 Å². The molecule has 1 N–H and O–H groups in total. The van der Waals surface area contributed by atoms with Gasteiger partial charge in [0.15, 0.2) is 5.76 Å². The number of amides is 1.